The van der Waals surface area contributed by atoms with E-state index in [-0.39, 0.29) is 6.04 Å². The second-order valence-corrected chi connectivity index (χ2v) is 3.68. The Bertz CT molecular complexity index is 435. The predicted octanol–water partition coefficient (Wildman–Crippen LogP) is 2.12. The molecule has 2 N–H and O–H groups in total. The minimum Gasteiger partial charge on any atom is -0.328 e. The van der Waals surface area contributed by atoms with Crippen LogP contribution in [0.3, 0.4) is 0 Å². The fraction of sp³-hybridized carbons (Fsp3) is 0.250. The number of nitrogens with two attached hydrogens (primary N) is 1. The minimum absolute atomic E-state index is 0.170. The highest BCUT2D eigenvalue weighted by Gasteiger charge is 2.00. The van der Waals surface area contributed by atoms with Gasteiger partial charge in [0, 0.05) is 23.5 Å². The molecule has 0 aliphatic heterocycles. The molecule has 2 rings (SSSR count). The average Bonchev–Trinajstić information content (AvgIpc) is 2.17. The molecule has 72 valence electrons. The molecular weight excluding hydrogens is 172 g/mol. The van der Waals surface area contributed by atoms with Crippen molar-refractivity contribution in [2.45, 2.75) is 19.4 Å². The molecule has 0 saturated carbocycles. The SMILES string of the molecule is C[C@@H](N)Cc1ccc2ccccc2n1. The Balaban J connectivity index is 2.41. The van der Waals surface area contributed by atoms with E-state index in [4.69, 9.17) is 5.73 Å². The Kier molecular flexibility index (Phi) is 2.46. The molecule has 0 radical (unpaired) electrons. The zero-order chi connectivity index (χ0) is 9.97. The van der Waals surface area contributed by atoms with Crippen LogP contribution in [0.4, 0.5) is 0 Å². The second-order valence-electron chi connectivity index (χ2n) is 3.68. The quantitative estimate of drug-likeness (QED) is 0.780. The van der Waals surface area contributed by atoms with Gasteiger partial charge in [-0.1, -0.05) is 24.3 Å². The van der Waals surface area contributed by atoms with Crippen LogP contribution >= 0.6 is 0 Å². The van der Waals surface area contributed by atoms with E-state index in [1.54, 1.807) is 0 Å². The van der Waals surface area contributed by atoms with Crippen LogP contribution in [0.2, 0.25) is 0 Å². The van der Waals surface area contributed by atoms with Crippen LogP contribution in [0.1, 0.15) is 12.6 Å². The van der Waals surface area contributed by atoms with E-state index in [0.717, 1.165) is 17.6 Å². The van der Waals surface area contributed by atoms with Crippen molar-refractivity contribution >= 4 is 10.9 Å². The van der Waals surface area contributed by atoms with Gasteiger partial charge >= 0.3 is 0 Å². The van der Waals surface area contributed by atoms with Gasteiger partial charge < -0.3 is 5.73 Å². The van der Waals surface area contributed by atoms with Crippen LogP contribution in [0.15, 0.2) is 36.4 Å². The largest absolute Gasteiger partial charge is 0.328 e. The Labute approximate surface area is 83.8 Å². The van der Waals surface area contributed by atoms with Crippen LogP contribution in [0.5, 0.6) is 0 Å². The Morgan fingerprint density at radius 3 is 2.79 bits per heavy atom. The average molecular weight is 186 g/mol. The zero-order valence-corrected chi connectivity index (χ0v) is 8.27. The van der Waals surface area contributed by atoms with Gasteiger partial charge in [-0.25, -0.2) is 0 Å². The number of fused-ring (bicyclic) bond motifs is 1. The minimum atomic E-state index is 0.170. The molecule has 0 amide bonds. The molecule has 0 bridgehead atoms. The van der Waals surface area contributed by atoms with Crippen molar-refractivity contribution in [1.29, 1.82) is 0 Å². The van der Waals surface area contributed by atoms with Gasteiger partial charge in [-0.3, -0.25) is 4.98 Å². The van der Waals surface area contributed by atoms with Gasteiger partial charge in [0.15, 0.2) is 0 Å². The summed E-state index contributed by atoms with van der Waals surface area (Å²) in [5, 5.41) is 1.18. The maximum atomic E-state index is 5.73. The third kappa shape index (κ3) is 1.91. The van der Waals surface area contributed by atoms with E-state index in [0.29, 0.717) is 0 Å². The Morgan fingerprint density at radius 1 is 1.21 bits per heavy atom. The first kappa shape index (κ1) is 9.16. The molecule has 2 aromatic rings. The Hall–Kier alpha value is -1.41. The van der Waals surface area contributed by atoms with Gasteiger partial charge in [0.2, 0.25) is 0 Å². The lowest BCUT2D eigenvalue weighted by atomic mass is 10.1. The highest BCUT2D eigenvalue weighted by atomic mass is 14.7. The van der Waals surface area contributed by atoms with Gasteiger partial charge in [0.1, 0.15) is 0 Å². The molecule has 14 heavy (non-hydrogen) atoms. The van der Waals surface area contributed by atoms with Crippen molar-refractivity contribution in [1.82, 2.24) is 4.98 Å². The van der Waals surface area contributed by atoms with Gasteiger partial charge in [0.05, 0.1) is 5.52 Å². The van der Waals surface area contributed by atoms with Crippen molar-refractivity contribution in [3.05, 3.63) is 42.1 Å². The first-order chi connectivity index (χ1) is 6.75. The lowest BCUT2D eigenvalue weighted by molar-refractivity contribution is 0.725. The highest BCUT2D eigenvalue weighted by molar-refractivity contribution is 5.78. The number of hydrogen-bond acceptors (Lipinski definition) is 2. The van der Waals surface area contributed by atoms with Crippen LogP contribution in [0.25, 0.3) is 10.9 Å². The van der Waals surface area contributed by atoms with Gasteiger partial charge in [-0.05, 0) is 19.1 Å². The fourth-order valence-corrected chi connectivity index (χ4v) is 1.55. The number of benzene rings is 1. The predicted molar refractivity (Wildman–Crippen MR) is 59.1 cm³/mol. The third-order valence-corrected chi connectivity index (χ3v) is 2.19. The van der Waals surface area contributed by atoms with E-state index in [9.17, 15) is 0 Å². The number of rotatable bonds is 2. The number of pyridine rings is 1. The first-order valence-electron chi connectivity index (χ1n) is 4.86. The molecule has 0 aliphatic carbocycles. The molecule has 0 aliphatic rings. The van der Waals surface area contributed by atoms with Crippen LogP contribution < -0.4 is 5.73 Å². The monoisotopic (exact) mass is 186 g/mol. The summed E-state index contributed by atoms with van der Waals surface area (Å²) in [6.45, 7) is 2.00. The number of hydrogen-bond donors (Lipinski definition) is 1. The highest BCUT2D eigenvalue weighted by Crippen LogP contribution is 2.12. The standard InChI is InChI=1S/C12H14N2/c1-9(13)8-11-7-6-10-4-2-3-5-12(10)14-11/h2-7,9H,8,13H2,1H3/t9-/m1/s1. The third-order valence-electron chi connectivity index (χ3n) is 2.19. The molecule has 2 nitrogen and oxygen atoms in total. The Morgan fingerprint density at radius 2 is 2.00 bits per heavy atom. The number of aromatic nitrogens is 1. The van der Waals surface area contributed by atoms with Crippen LogP contribution in [-0.2, 0) is 6.42 Å². The molecule has 1 atom stereocenters. The van der Waals surface area contributed by atoms with Gasteiger partial charge in [-0.2, -0.15) is 0 Å². The molecule has 0 fully saturated rings. The summed E-state index contributed by atoms with van der Waals surface area (Å²) >= 11 is 0. The smallest absolute Gasteiger partial charge is 0.0705 e. The van der Waals surface area contributed by atoms with Crippen molar-refractivity contribution in [2.24, 2.45) is 5.73 Å². The van der Waals surface area contributed by atoms with E-state index < -0.39 is 0 Å². The maximum Gasteiger partial charge on any atom is 0.0705 e. The topological polar surface area (TPSA) is 38.9 Å². The van der Waals surface area contributed by atoms with E-state index >= 15 is 0 Å². The van der Waals surface area contributed by atoms with Crippen molar-refractivity contribution in [2.75, 3.05) is 0 Å². The first-order valence-corrected chi connectivity index (χ1v) is 4.86. The molecule has 2 heteroatoms. The van der Waals surface area contributed by atoms with E-state index in [2.05, 4.69) is 17.1 Å². The van der Waals surface area contributed by atoms with E-state index in [1.807, 2.05) is 31.2 Å². The summed E-state index contributed by atoms with van der Waals surface area (Å²) in [7, 11) is 0. The lowest BCUT2D eigenvalue weighted by Crippen LogP contribution is -2.18. The van der Waals surface area contributed by atoms with Gasteiger partial charge in [-0.15, -0.1) is 0 Å². The molecule has 1 aromatic heterocycles. The summed E-state index contributed by atoms with van der Waals surface area (Å²) in [6.07, 6.45) is 0.838. The zero-order valence-electron chi connectivity index (χ0n) is 8.27. The summed E-state index contributed by atoms with van der Waals surface area (Å²) in [4.78, 5) is 4.54. The second kappa shape index (κ2) is 3.76. The normalized spacial score (nSPS) is 13.0. The number of nitrogens with zero attached hydrogens (tertiary/aromatic N) is 1. The molecule has 0 saturated heterocycles. The van der Waals surface area contributed by atoms with Crippen LogP contribution in [-0.4, -0.2) is 11.0 Å². The lowest BCUT2D eigenvalue weighted by Gasteiger charge is -2.05. The van der Waals surface area contributed by atoms with Crippen molar-refractivity contribution in [3.63, 3.8) is 0 Å². The fourth-order valence-electron chi connectivity index (χ4n) is 1.55. The molecule has 0 spiro atoms. The molecule has 1 heterocycles. The summed E-state index contributed by atoms with van der Waals surface area (Å²) in [5.41, 5.74) is 7.84. The maximum absolute atomic E-state index is 5.73. The molecular formula is C12H14N2. The molecule has 0 unspecified atom stereocenters. The summed E-state index contributed by atoms with van der Waals surface area (Å²) in [5.74, 6) is 0. The van der Waals surface area contributed by atoms with Crippen molar-refractivity contribution < 1.29 is 0 Å². The van der Waals surface area contributed by atoms with Crippen LogP contribution in [0, 0.1) is 0 Å². The molecule has 1 aromatic carbocycles. The van der Waals surface area contributed by atoms with E-state index in [1.165, 1.54) is 5.39 Å². The van der Waals surface area contributed by atoms with Crippen molar-refractivity contribution in [3.8, 4) is 0 Å². The summed E-state index contributed by atoms with van der Waals surface area (Å²) < 4.78 is 0. The summed E-state index contributed by atoms with van der Waals surface area (Å²) in [6, 6.07) is 12.4. The number of para-hydroxylation sites is 1. The van der Waals surface area contributed by atoms with Gasteiger partial charge in [0.25, 0.3) is 0 Å².